The van der Waals surface area contributed by atoms with Gasteiger partial charge in [-0.05, 0) is 36.4 Å². The van der Waals surface area contributed by atoms with E-state index in [0.29, 0.717) is 10.7 Å². The van der Waals surface area contributed by atoms with E-state index in [1.807, 2.05) is 0 Å². The van der Waals surface area contributed by atoms with Crippen LogP contribution in [-0.2, 0) is 15.8 Å². The van der Waals surface area contributed by atoms with E-state index >= 15 is 0 Å². The van der Waals surface area contributed by atoms with Crippen molar-refractivity contribution in [3.8, 4) is 0 Å². The van der Waals surface area contributed by atoms with E-state index in [4.69, 9.17) is 11.6 Å². The molecule has 3 rings (SSSR count). The van der Waals surface area contributed by atoms with Crippen LogP contribution in [0.3, 0.4) is 0 Å². The summed E-state index contributed by atoms with van der Waals surface area (Å²) in [6, 6.07) is 11.0. The Kier molecular flexibility index (Phi) is 6.18. The van der Waals surface area contributed by atoms with Crippen LogP contribution in [0.25, 0.3) is 0 Å². The number of carbonyl (C=O) groups excluding carboxylic acids is 2. The van der Waals surface area contributed by atoms with Gasteiger partial charge in [0.25, 0.3) is 0 Å². The smallest absolute Gasteiger partial charge is 0.325 e. The number of amidine groups is 1. The summed E-state index contributed by atoms with van der Waals surface area (Å²) in [5.41, 5.74) is -0.326. The van der Waals surface area contributed by atoms with Crippen LogP contribution in [0.15, 0.2) is 53.5 Å². The second-order valence-corrected chi connectivity index (χ2v) is 7.81. The highest BCUT2D eigenvalue weighted by atomic mass is 35.5. The molecule has 0 unspecified atom stereocenters. The third kappa shape index (κ3) is 5.30. The van der Waals surface area contributed by atoms with Crippen molar-refractivity contribution >= 4 is 51.7 Å². The van der Waals surface area contributed by atoms with E-state index in [1.54, 1.807) is 24.3 Å². The van der Waals surface area contributed by atoms with E-state index in [1.165, 1.54) is 24.1 Å². The third-order valence-electron chi connectivity index (χ3n) is 4.05. The quantitative estimate of drug-likeness (QED) is 0.733. The number of nitrogens with zero attached hydrogens (tertiary/aromatic N) is 2. The minimum Gasteiger partial charge on any atom is -0.325 e. The van der Waals surface area contributed by atoms with Crippen LogP contribution in [0.4, 0.5) is 24.5 Å². The zero-order valence-electron chi connectivity index (χ0n) is 15.0. The average Bonchev–Trinajstić information content (AvgIpc) is 2.65. The van der Waals surface area contributed by atoms with E-state index in [9.17, 15) is 22.8 Å². The standard InChI is InChI=1S/C19H15ClF3N3O2S/c1-26-16(27)10-15(17(28)24-14-7-3-5-12(20)9-14)29-18(26)25-13-6-2-4-11(8-13)19(21,22)23/h2-9,15H,10H2,1H3,(H,24,28)/t15-/m1/s1. The van der Waals surface area contributed by atoms with E-state index in [0.717, 1.165) is 23.9 Å². The first kappa shape index (κ1) is 21.2. The van der Waals surface area contributed by atoms with Crippen LogP contribution < -0.4 is 5.32 Å². The number of amides is 2. The summed E-state index contributed by atoms with van der Waals surface area (Å²) >= 11 is 6.91. The molecule has 0 saturated carbocycles. The van der Waals surface area contributed by atoms with Gasteiger partial charge in [-0.2, -0.15) is 13.2 Å². The molecule has 1 saturated heterocycles. The lowest BCUT2D eigenvalue weighted by molar-refractivity contribution is -0.137. The number of hydrogen-bond donors (Lipinski definition) is 1. The Hall–Kier alpha value is -2.52. The van der Waals surface area contributed by atoms with Gasteiger partial charge in [0.05, 0.1) is 11.3 Å². The highest BCUT2D eigenvalue weighted by molar-refractivity contribution is 8.15. The zero-order chi connectivity index (χ0) is 21.2. The van der Waals surface area contributed by atoms with Gasteiger partial charge < -0.3 is 5.32 Å². The van der Waals surface area contributed by atoms with E-state index < -0.39 is 22.9 Å². The maximum absolute atomic E-state index is 12.9. The number of rotatable bonds is 3. The average molecular weight is 442 g/mol. The summed E-state index contributed by atoms with van der Waals surface area (Å²) in [5, 5.41) is 2.50. The van der Waals surface area contributed by atoms with Crippen molar-refractivity contribution in [2.24, 2.45) is 4.99 Å². The number of aliphatic imine (C=N–C) groups is 1. The predicted octanol–water partition coefficient (Wildman–Crippen LogP) is 4.95. The summed E-state index contributed by atoms with van der Waals surface area (Å²) in [5.74, 6) is -0.781. The number of hydrogen-bond acceptors (Lipinski definition) is 4. The second kappa shape index (κ2) is 8.46. The lowest BCUT2D eigenvalue weighted by Gasteiger charge is -2.28. The van der Waals surface area contributed by atoms with E-state index in [2.05, 4.69) is 10.3 Å². The van der Waals surface area contributed by atoms with Gasteiger partial charge in [0.2, 0.25) is 11.8 Å². The highest BCUT2D eigenvalue weighted by Crippen LogP contribution is 2.33. The fourth-order valence-corrected chi connectivity index (χ4v) is 3.80. The number of thioether (sulfide) groups is 1. The van der Waals surface area contributed by atoms with Crippen LogP contribution >= 0.6 is 23.4 Å². The second-order valence-electron chi connectivity index (χ2n) is 6.21. The van der Waals surface area contributed by atoms with Gasteiger partial charge in [-0.1, -0.05) is 35.5 Å². The molecule has 10 heteroatoms. The number of carbonyl (C=O) groups is 2. The van der Waals surface area contributed by atoms with Crippen LogP contribution in [0.2, 0.25) is 5.02 Å². The highest BCUT2D eigenvalue weighted by Gasteiger charge is 2.34. The van der Waals surface area contributed by atoms with Gasteiger partial charge in [0.15, 0.2) is 5.17 Å². The molecule has 1 aliphatic heterocycles. The summed E-state index contributed by atoms with van der Waals surface area (Å²) in [6.07, 6.45) is -4.56. The predicted molar refractivity (Wildman–Crippen MR) is 107 cm³/mol. The van der Waals surface area contributed by atoms with Gasteiger partial charge in [-0.25, -0.2) is 4.99 Å². The van der Waals surface area contributed by atoms with Gasteiger partial charge in [-0.15, -0.1) is 0 Å². The largest absolute Gasteiger partial charge is 0.416 e. The Balaban J connectivity index is 1.81. The van der Waals surface area contributed by atoms with Crippen LogP contribution in [0.1, 0.15) is 12.0 Å². The molecule has 0 aliphatic carbocycles. The minimum absolute atomic E-state index is 0.0397. The molecule has 1 fully saturated rings. The topological polar surface area (TPSA) is 61.8 Å². The summed E-state index contributed by atoms with van der Waals surface area (Å²) in [6.45, 7) is 0. The maximum Gasteiger partial charge on any atom is 0.416 e. The van der Waals surface area contributed by atoms with Crippen LogP contribution in [-0.4, -0.2) is 34.2 Å². The first-order valence-corrected chi connectivity index (χ1v) is 9.65. The van der Waals surface area contributed by atoms with Gasteiger partial charge in [0, 0.05) is 24.2 Å². The molecule has 0 spiro atoms. The molecule has 152 valence electrons. The Morgan fingerprint density at radius 3 is 2.66 bits per heavy atom. The molecule has 1 atom stereocenters. The monoisotopic (exact) mass is 441 g/mol. The Morgan fingerprint density at radius 1 is 1.24 bits per heavy atom. The Bertz CT molecular complexity index is 981. The molecular weight excluding hydrogens is 427 g/mol. The van der Waals surface area contributed by atoms with Crippen molar-refractivity contribution in [1.29, 1.82) is 0 Å². The molecule has 1 aliphatic rings. The first-order chi connectivity index (χ1) is 13.6. The van der Waals surface area contributed by atoms with Crippen LogP contribution in [0.5, 0.6) is 0 Å². The van der Waals surface area contributed by atoms with Crippen LogP contribution in [0, 0.1) is 0 Å². The number of alkyl halides is 3. The molecular formula is C19H15ClF3N3O2S. The molecule has 0 aromatic heterocycles. The zero-order valence-corrected chi connectivity index (χ0v) is 16.6. The number of benzene rings is 2. The maximum atomic E-state index is 12.9. The summed E-state index contributed by atoms with van der Waals surface area (Å²) < 4.78 is 38.7. The van der Waals surface area contributed by atoms with Gasteiger partial charge in [-0.3, -0.25) is 14.5 Å². The molecule has 5 nitrogen and oxygen atoms in total. The molecule has 29 heavy (non-hydrogen) atoms. The van der Waals surface area contributed by atoms with Crippen molar-refractivity contribution in [2.75, 3.05) is 12.4 Å². The Morgan fingerprint density at radius 2 is 1.97 bits per heavy atom. The molecule has 2 amide bonds. The van der Waals surface area contributed by atoms with Gasteiger partial charge >= 0.3 is 6.18 Å². The molecule has 0 bridgehead atoms. The lowest BCUT2D eigenvalue weighted by Crippen LogP contribution is -2.43. The first-order valence-electron chi connectivity index (χ1n) is 8.39. The number of halogens is 4. The molecule has 1 heterocycles. The van der Waals surface area contributed by atoms with Crippen molar-refractivity contribution in [3.05, 3.63) is 59.1 Å². The normalized spacial score (nSPS) is 18.8. The molecule has 2 aromatic rings. The van der Waals surface area contributed by atoms with Crippen molar-refractivity contribution in [3.63, 3.8) is 0 Å². The Labute approximate surface area is 173 Å². The molecule has 0 radical (unpaired) electrons. The molecule has 2 aromatic carbocycles. The molecule has 1 N–H and O–H groups in total. The van der Waals surface area contributed by atoms with E-state index in [-0.39, 0.29) is 23.2 Å². The summed E-state index contributed by atoms with van der Waals surface area (Å²) in [7, 11) is 1.47. The SMILES string of the molecule is CN1C(=O)C[C@H](C(=O)Nc2cccc(Cl)c2)SC1=Nc1cccc(C(F)(F)F)c1. The fourth-order valence-electron chi connectivity index (χ4n) is 2.55. The van der Waals surface area contributed by atoms with Crippen molar-refractivity contribution in [2.45, 2.75) is 17.8 Å². The van der Waals surface area contributed by atoms with Crippen molar-refractivity contribution < 1.29 is 22.8 Å². The van der Waals surface area contributed by atoms with Crippen molar-refractivity contribution in [1.82, 2.24) is 4.90 Å². The lowest BCUT2D eigenvalue weighted by atomic mass is 10.2. The minimum atomic E-state index is -4.50. The van der Waals surface area contributed by atoms with Gasteiger partial charge in [0.1, 0.15) is 5.25 Å². The fraction of sp³-hybridized carbons (Fsp3) is 0.211. The number of anilines is 1. The summed E-state index contributed by atoms with van der Waals surface area (Å²) in [4.78, 5) is 30.2. The number of nitrogens with one attached hydrogen (secondary N) is 1. The third-order valence-corrected chi connectivity index (χ3v) is 5.53.